The third-order valence-electron chi connectivity index (χ3n) is 10.5. The van der Waals surface area contributed by atoms with Gasteiger partial charge in [-0.15, -0.1) is 10.2 Å². The first-order chi connectivity index (χ1) is 24.3. The number of carbonyl (C=O) groups is 2. The first-order valence-electron chi connectivity index (χ1n) is 18.1. The molecule has 6 heterocycles. The number of carboxylic acid groups (broad SMARTS) is 1. The average Bonchev–Trinajstić information content (AvgIpc) is 3.53. The molecule has 50 heavy (non-hydrogen) atoms. The number of aromatic nitrogens is 5. The Morgan fingerprint density at radius 1 is 0.980 bits per heavy atom. The van der Waals surface area contributed by atoms with Crippen LogP contribution in [0.1, 0.15) is 104 Å². The van der Waals surface area contributed by atoms with Crippen LogP contribution in [0.3, 0.4) is 0 Å². The lowest BCUT2D eigenvalue weighted by molar-refractivity contribution is -0.129. The van der Waals surface area contributed by atoms with E-state index in [1.807, 2.05) is 11.1 Å². The summed E-state index contributed by atoms with van der Waals surface area (Å²) in [6, 6.07) is 5.83. The minimum absolute atomic E-state index is 0.00544. The second-order valence-corrected chi connectivity index (χ2v) is 13.9. The summed E-state index contributed by atoms with van der Waals surface area (Å²) in [5.41, 5.74) is 12.4. The molecule has 1 saturated heterocycles. The summed E-state index contributed by atoms with van der Waals surface area (Å²) in [6.45, 7) is 8.17. The van der Waals surface area contributed by atoms with E-state index in [1.54, 1.807) is 32.5 Å². The van der Waals surface area contributed by atoms with Crippen LogP contribution < -0.4 is 15.5 Å². The van der Waals surface area contributed by atoms with Crippen LogP contribution in [0.5, 0.6) is 0 Å². The molecule has 3 aromatic heterocycles. The van der Waals surface area contributed by atoms with Crippen LogP contribution >= 0.6 is 0 Å². The lowest BCUT2D eigenvalue weighted by Crippen LogP contribution is -2.35. The fourth-order valence-electron chi connectivity index (χ4n) is 7.58. The van der Waals surface area contributed by atoms with E-state index in [0.29, 0.717) is 12.6 Å². The van der Waals surface area contributed by atoms with Crippen molar-refractivity contribution in [1.29, 1.82) is 0 Å². The maximum atomic E-state index is 12.2. The van der Waals surface area contributed by atoms with Gasteiger partial charge in [-0.3, -0.25) is 19.5 Å². The highest BCUT2D eigenvalue weighted by molar-refractivity contribution is 6.08. The SMILES string of the molecule is CC1CCN(c2ccc(C(=O)O)nn2)CC1.CN=C/C(=C\N)c1cc2c(cn1)N(c1nn(C3CCCCC3)c3c1CN(C(C)=O)CC3)CCC2. The van der Waals surface area contributed by atoms with Crippen molar-refractivity contribution in [3.05, 3.63) is 58.8 Å². The molecule has 2 fully saturated rings. The Kier molecular flexibility index (Phi) is 11.1. The molecule has 3 aromatic rings. The van der Waals surface area contributed by atoms with Crippen LogP contribution in [0.25, 0.3) is 5.57 Å². The molecule has 0 atom stereocenters. The summed E-state index contributed by atoms with van der Waals surface area (Å²) in [5.74, 6) is 1.64. The molecule has 1 saturated carbocycles. The van der Waals surface area contributed by atoms with Gasteiger partial charge < -0.3 is 25.5 Å². The fraction of sp³-hybridized carbons (Fsp3) is 0.541. The van der Waals surface area contributed by atoms with Gasteiger partial charge in [0.25, 0.3) is 0 Å². The molecular formula is C37H50N10O3. The van der Waals surface area contributed by atoms with Gasteiger partial charge in [0.15, 0.2) is 17.3 Å². The molecule has 266 valence electrons. The van der Waals surface area contributed by atoms with Crippen molar-refractivity contribution in [1.82, 2.24) is 29.9 Å². The Bertz CT molecular complexity index is 1720. The Labute approximate surface area is 294 Å². The minimum Gasteiger partial charge on any atom is -0.476 e. The number of aromatic carboxylic acids is 1. The number of rotatable bonds is 6. The van der Waals surface area contributed by atoms with Crippen LogP contribution in [0.2, 0.25) is 0 Å². The minimum atomic E-state index is -1.04. The predicted octanol–water partition coefficient (Wildman–Crippen LogP) is 5.18. The Balaban J connectivity index is 0.000000226. The molecule has 3 aliphatic heterocycles. The number of amides is 1. The van der Waals surface area contributed by atoms with E-state index in [2.05, 4.69) is 42.7 Å². The van der Waals surface area contributed by atoms with Crippen LogP contribution in [0.4, 0.5) is 17.3 Å². The number of hydrogen-bond donors (Lipinski definition) is 2. The van der Waals surface area contributed by atoms with Gasteiger partial charge in [-0.2, -0.15) is 5.10 Å². The number of piperidine rings is 1. The zero-order valence-electron chi connectivity index (χ0n) is 29.6. The van der Waals surface area contributed by atoms with Gasteiger partial charge in [0.2, 0.25) is 5.91 Å². The maximum absolute atomic E-state index is 12.2. The molecular weight excluding hydrogens is 632 g/mol. The van der Waals surface area contributed by atoms with Crippen LogP contribution in [0, 0.1) is 5.92 Å². The number of nitrogens with zero attached hydrogens (tertiary/aromatic N) is 9. The molecule has 0 aromatic carbocycles. The summed E-state index contributed by atoms with van der Waals surface area (Å²) in [5, 5.41) is 21.6. The highest BCUT2D eigenvalue weighted by atomic mass is 16.4. The highest BCUT2D eigenvalue weighted by Crippen LogP contribution is 2.40. The summed E-state index contributed by atoms with van der Waals surface area (Å²) < 4.78 is 2.32. The second kappa shape index (κ2) is 15.8. The van der Waals surface area contributed by atoms with Gasteiger partial charge in [0.1, 0.15) is 0 Å². The maximum Gasteiger partial charge on any atom is 0.356 e. The first-order valence-corrected chi connectivity index (χ1v) is 18.1. The van der Waals surface area contributed by atoms with Crippen LogP contribution in [0.15, 0.2) is 35.6 Å². The Morgan fingerprint density at radius 3 is 2.42 bits per heavy atom. The number of carboxylic acids is 1. The second-order valence-electron chi connectivity index (χ2n) is 13.9. The zero-order chi connectivity index (χ0) is 35.2. The van der Waals surface area contributed by atoms with Gasteiger partial charge in [0, 0.05) is 75.8 Å². The van der Waals surface area contributed by atoms with E-state index in [0.717, 1.165) is 92.8 Å². The summed E-state index contributed by atoms with van der Waals surface area (Å²) in [6.07, 6.45) is 16.7. The molecule has 0 bridgehead atoms. The molecule has 1 aliphatic carbocycles. The number of fused-ring (bicyclic) bond motifs is 2. The molecule has 13 heteroatoms. The number of hydrogen-bond acceptors (Lipinski definition) is 10. The van der Waals surface area contributed by atoms with Crippen molar-refractivity contribution in [2.75, 3.05) is 43.0 Å². The van der Waals surface area contributed by atoms with E-state index in [9.17, 15) is 9.59 Å². The standard InChI is InChI=1S/C26H35N7O.C11H15N3O2/c1-18(34)31-12-10-24-22(17-31)26(30-33(24)21-8-4-3-5-9-21)32-11-6-7-19-13-23(29-16-25(19)32)20(14-27)15-28-2;1-8-4-6-14(7-5-8)10-3-2-9(11(15)16)12-13-10/h13-16,21H,3-12,17,27H2,1-2H3;2-3,8H,4-7H2,1H3,(H,15,16)/b20-14+,28-15?;. The van der Waals surface area contributed by atoms with E-state index in [-0.39, 0.29) is 11.6 Å². The molecule has 4 aliphatic rings. The molecule has 0 unspecified atom stereocenters. The largest absolute Gasteiger partial charge is 0.476 e. The molecule has 0 radical (unpaired) electrons. The number of allylic oxidation sites excluding steroid dienone is 1. The quantitative estimate of drug-likeness (QED) is 0.332. The first kappa shape index (κ1) is 35.0. The van der Waals surface area contributed by atoms with Crippen molar-refractivity contribution in [3.8, 4) is 0 Å². The summed E-state index contributed by atoms with van der Waals surface area (Å²) >= 11 is 0. The average molecular weight is 683 g/mol. The topological polar surface area (TPSA) is 159 Å². The third-order valence-corrected chi connectivity index (χ3v) is 10.5. The number of aryl methyl sites for hydroxylation is 1. The predicted molar refractivity (Wildman–Crippen MR) is 195 cm³/mol. The third kappa shape index (κ3) is 7.66. The van der Waals surface area contributed by atoms with Crippen molar-refractivity contribution in [2.45, 2.75) is 90.6 Å². The Morgan fingerprint density at radius 2 is 1.76 bits per heavy atom. The molecule has 3 N–H and O–H groups in total. The summed E-state index contributed by atoms with van der Waals surface area (Å²) in [4.78, 5) is 38.1. The summed E-state index contributed by atoms with van der Waals surface area (Å²) in [7, 11) is 1.74. The van der Waals surface area contributed by atoms with Gasteiger partial charge in [0.05, 0.1) is 30.2 Å². The van der Waals surface area contributed by atoms with Crippen LogP contribution in [-0.4, -0.2) is 86.3 Å². The molecule has 1 amide bonds. The van der Waals surface area contributed by atoms with E-state index in [1.165, 1.54) is 55.0 Å². The normalized spacial score (nSPS) is 18.8. The van der Waals surface area contributed by atoms with Crippen molar-refractivity contribution >= 4 is 41.0 Å². The lowest BCUT2D eigenvalue weighted by Gasteiger charge is -2.32. The van der Waals surface area contributed by atoms with E-state index < -0.39 is 5.97 Å². The zero-order valence-corrected chi connectivity index (χ0v) is 29.6. The smallest absolute Gasteiger partial charge is 0.356 e. The number of pyridine rings is 1. The van der Waals surface area contributed by atoms with Crippen molar-refractivity contribution in [2.24, 2.45) is 16.6 Å². The van der Waals surface area contributed by atoms with E-state index in [4.69, 9.17) is 20.9 Å². The van der Waals surface area contributed by atoms with Gasteiger partial charge in [-0.25, -0.2) is 4.79 Å². The van der Waals surface area contributed by atoms with Crippen molar-refractivity contribution < 1.29 is 14.7 Å². The van der Waals surface area contributed by atoms with Gasteiger partial charge in [-0.05, 0) is 68.2 Å². The molecule has 13 nitrogen and oxygen atoms in total. The van der Waals surface area contributed by atoms with E-state index >= 15 is 0 Å². The number of aliphatic imine (C=N–C) groups is 1. The number of carbonyl (C=O) groups excluding carboxylic acids is 1. The Hall–Kier alpha value is -4.81. The number of nitrogens with two attached hydrogens (primary N) is 1. The number of anilines is 3. The molecule has 7 rings (SSSR count). The van der Waals surface area contributed by atoms with Gasteiger partial charge >= 0.3 is 5.97 Å². The monoisotopic (exact) mass is 682 g/mol. The highest BCUT2D eigenvalue weighted by Gasteiger charge is 2.33. The lowest BCUT2D eigenvalue weighted by atomic mass is 9.95. The van der Waals surface area contributed by atoms with Crippen molar-refractivity contribution in [3.63, 3.8) is 0 Å². The van der Waals surface area contributed by atoms with Crippen LogP contribution in [-0.2, 0) is 24.2 Å². The van der Waals surface area contributed by atoms with Gasteiger partial charge in [-0.1, -0.05) is 26.2 Å². The molecule has 0 spiro atoms. The fourth-order valence-corrected chi connectivity index (χ4v) is 7.58.